The van der Waals surface area contributed by atoms with E-state index in [1.165, 1.54) is 5.56 Å². The quantitative estimate of drug-likeness (QED) is 0.820. The lowest BCUT2D eigenvalue weighted by Crippen LogP contribution is -2.06. The van der Waals surface area contributed by atoms with Crippen molar-refractivity contribution in [2.75, 3.05) is 12.3 Å². The molecule has 1 aromatic heterocycles. The van der Waals surface area contributed by atoms with E-state index in [2.05, 4.69) is 36.7 Å². The highest BCUT2D eigenvalue weighted by atomic mass is 32.1. The first kappa shape index (κ1) is 15.4. The Morgan fingerprint density at radius 3 is 2.76 bits per heavy atom. The zero-order chi connectivity index (χ0) is 15.2. The Kier molecular flexibility index (Phi) is 5.24. The first-order chi connectivity index (χ1) is 10.1. The molecule has 0 spiro atoms. The molecular weight excluding hydrogens is 280 g/mol. The molecule has 0 saturated carbocycles. The van der Waals surface area contributed by atoms with Crippen molar-refractivity contribution in [3.05, 3.63) is 45.6 Å². The largest absolute Gasteiger partial charge is 0.491 e. The summed E-state index contributed by atoms with van der Waals surface area (Å²) in [5.74, 6) is 1.15. The van der Waals surface area contributed by atoms with E-state index in [0.717, 1.165) is 18.4 Å². The predicted octanol–water partition coefficient (Wildman–Crippen LogP) is 4.02. The van der Waals surface area contributed by atoms with Gasteiger partial charge in [-0.1, -0.05) is 13.8 Å². The van der Waals surface area contributed by atoms with Crippen LogP contribution >= 0.6 is 11.3 Å². The van der Waals surface area contributed by atoms with Crippen LogP contribution in [0.3, 0.4) is 0 Å². The minimum Gasteiger partial charge on any atom is -0.491 e. The minimum absolute atomic E-state index is 0.440. The van der Waals surface area contributed by atoms with Crippen LogP contribution in [-0.2, 0) is 12.8 Å². The van der Waals surface area contributed by atoms with Gasteiger partial charge in [-0.25, -0.2) is 0 Å². The van der Waals surface area contributed by atoms with Crippen molar-refractivity contribution in [1.82, 2.24) is 0 Å². The molecule has 0 aliphatic heterocycles. The van der Waals surface area contributed by atoms with Gasteiger partial charge in [0, 0.05) is 6.42 Å². The molecule has 0 atom stereocenters. The summed E-state index contributed by atoms with van der Waals surface area (Å²) in [6.07, 6.45) is 1.76. The van der Waals surface area contributed by atoms with Crippen LogP contribution < -0.4 is 10.5 Å². The van der Waals surface area contributed by atoms with Crippen molar-refractivity contribution in [2.24, 2.45) is 5.92 Å². The van der Waals surface area contributed by atoms with Crippen LogP contribution in [0, 0.1) is 17.2 Å². The van der Waals surface area contributed by atoms with Crippen LogP contribution in [0.25, 0.3) is 0 Å². The maximum atomic E-state index is 9.19. The summed E-state index contributed by atoms with van der Waals surface area (Å²) in [6, 6.07) is 8.06. The zero-order valence-corrected chi connectivity index (χ0v) is 13.2. The fraction of sp³-hybridized carbons (Fsp3) is 0.353. The molecule has 0 bridgehead atoms. The van der Waals surface area contributed by atoms with Crippen LogP contribution in [0.2, 0.25) is 0 Å². The Hall–Kier alpha value is -1.99. The molecule has 21 heavy (non-hydrogen) atoms. The third-order valence-electron chi connectivity index (χ3n) is 3.19. The Morgan fingerprint density at radius 2 is 2.14 bits per heavy atom. The van der Waals surface area contributed by atoms with Gasteiger partial charge in [0.1, 0.15) is 11.8 Å². The summed E-state index contributed by atoms with van der Waals surface area (Å²) < 4.78 is 5.80. The van der Waals surface area contributed by atoms with E-state index in [1.54, 1.807) is 11.3 Å². The molecule has 2 N–H and O–H groups in total. The second kappa shape index (κ2) is 7.14. The maximum absolute atomic E-state index is 9.19. The van der Waals surface area contributed by atoms with E-state index in [-0.39, 0.29) is 0 Å². The number of nitrogen functional groups attached to an aromatic ring is 1. The number of hydrogen-bond donors (Lipinski definition) is 1. The summed E-state index contributed by atoms with van der Waals surface area (Å²) in [4.78, 5) is 0. The molecule has 0 aliphatic carbocycles. The van der Waals surface area contributed by atoms with Crippen molar-refractivity contribution >= 4 is 17.0 Å². The van der Waals surface area contributed by atoms with Gasteiger partial charge in [0.15, 0.2) is 0 Å². The molecule has 1 aromatic carbocycles. The first-order valence-electron chi connectivity index (χ1n) is 7.06. The topological polar surface area (TPSA) is 59.0 Å². The van der Waals surface area contributed by atoms with Gasteiger partial charge in [-0.15, -0.1) is 0 Å². The van der Waals surface area contributed by atoms with Crippen molar-refractivity contribution in [3.8, 4) is 11.8 Å². The Bertz CT molecular complexity index is 627. The highest BCUT2D eigenvalue weighted by molar-refractivity contribution is 7.07. The number of nitrogens with two attached hydrogens (primary N) is 1. The Labute approximate surface area is 130 Å². The lowest BCUT2D eigenvalue weighted by atomic mass is 10.00. The smallest absolute Gasteiger partial charge is 0.143 e. The maximum Gasteiger partial charge on any atom is 0.143 e. The van der Waals surface area contributed by atoms with Crippen LogP contribution in [0.1, 0.15) is 30.5 Å². The van der Waals surface area contributed by atoms with E-state index in [9.17, 15) is 5.26 Å². The van der Waals surface area contributed by atoms with E-state index < -0.39 is 0 Å². The Balaban J connectivity index is 2.11. The average Bonchev–Trinajstić information content (AvgIpc) is 2.94. The standard InChI is InChI=1S/C17H20N2OS/c1-12(2)7-14-8-15(10-18)17(19)16(9-14)20-5-3-13-4-6-21-11-13/h4,6,8-9,11-12H,3,5,7,19H2,1-2H3. The number of hydrogen-bond acceptors (Lipinski definition) is 4. The fourth-order valence-electron chi connectivity index (χ4n) is 2.20. The highest BCUT2D eigenvalue weighted by Gasteiger charge is 2.10. The molecule has 0 unspecified atom stereocenters. The molecule has 2 aromatic rings. The van der Waals surface area contributed by atoms with Crippen LogP contribution in [-0.4, -0.2) is 6.61 Å². The molecule has 4 heteroatoms. The van der Waals surface area contributed by atoms with Crippen molar-refractivity contribution in [3.63, 3.8) is 0 Å². The van der Waals surface area contributed by atoms with E-state index in [1.807, 2.05) is 12.1 Å². The summed E-state index contributed by atoms with van der Waals surface area (Å²) >= 11 is 1.68. The highest BCUT2D eigenvalue weighted by Crippen LogP contribution is 2.28. The number of thiophene rings is 1. The fourth-order valence-corrected chi connectivity index (χ4v) is 2.90. The first-order valence-corrected chi connectivity index (χ1v) is 8.00. The third kappa shape index (κ3) is 4.24. The molecule has 0 aliphatic rings. The summed E-state index contributed by atoms with van der Waals surface area (Å²) in [5, 5.41) is 13.4. The van der Waals surface area contributed by atoms with Crippen molar-refractivity contribution in [1.29, 1.82) is 5.26 Å². The number of anilines is 1. The minimum atomic E-state index is 0.440. The Morgan fingerprint density at radius 1 is 1.33 bits per heavy atom. The van der Waals surface area contributed by atoms with Crippen molar-refractivity contribution < 1.29 is 4.74 Å². The van der Waals surface area contributed by atoms with E-state index in [0.29, 0.717) is 29.5 Å². The molecule has 1 heterocycles. The zero-order valence-electron chi connectivity index (χ0n) is 12.4. The van der Waals surface area contributed by atoms with E-state index in [4.69, 9.17) is 10.5 Å². The predicted molar refractivity (Wildman–Crippen MR) is 87.6 cm³/mol. The van der Waals surface area contributed by atoms with Crippen LogP contribution in [0.4, 0.5) is 5.69 Å². The molecule has 0 amide bonds. The van der Waals surface area contributed by atoms with Gasteiger partial charge < -0.3 is 10.5 Å². The van der Waals surface area contributed by atoms with Gasteiger partial charge in [-0.05, 0) is 52.4 Å². The molecule has 2 rings (SSSR count). The molecular formula is C17H20N2OS. The van der Waals surface area contributed by atoms with Gasteiger partial charge in [0.2, 0.25) is 0 Å². The molecule has 0 fully saturated rings. The number of nitriles is 1. The number of nitrogens with zero attached hydrogens (tertiary/aromatic N) is 1. The SMILES string of the molecule is CC(C)Cc1cc(C#N)c(N)c(OCCc2ccsc2)c1. The normalized spacial score (nSPS) is 10.6. The molecule has 0 saturated heterocycles. The second-order valence-corrected chi connectivity index (χ2v) is 6.28. The summed E-state index contributed by atoms with van der Waals surface area (Å²) in [7, 11) is 0. The second-order valence-electron chi connectivity index (χ2n) is 5.50. The van der Waals surface area contributed by atoms with Crippen molar-refractivity contribution in [2.45, 2.75) is 26.7 Å². The van der Waals surface area contributed by atoms with E-state index >= 15 is 0 Å². The van der Waals surface area contributed by atoms with Gasteiger partial charge in [-0.3, -0.25) is 0 Å². The van der Waals surface area contributed by atoms with Crippen LogP contribution in [0.15, 0.2) is 29.0 Å². The molecule has 0 radical (unpaired) electrons. The lowest BCUT2D eigenvalue weighted by Gasteiger charge is -2.13. The summed E-state index contributed by atoms with van der Waals surface area (Å²) in [6.45, 7) is 4.87. The average molecular weight is 300 g/mol. The van der Waals surface area contributed by atoms with Gasteiger partial charge in [0.05, 0.1) is 17.9 Å². The molecule has 110 valence electrons. The molecule has 3 nitrogen and oxygen atoms in total. The number of benzene rings is 1. The number of rotatable bonds is 6. The number of ether oxygens (including phenoxy) is 1. The van der Waals surface area contributed by atoms with Gasteiger partial charge in [-0.2, -0.15) is 16.6 Å². The summed E-state index contributed by atoms with van der Waals surface area (Å²) in [5.41, 5.74) is 9.31. The van der Waals surface area contributed by atoms with Gasteiger partial charge in [0.25, 0.3) is 0 Å². The monoisotopic (exact) mass is 300 g/mol. The lowest BCUT2D eigenvalue weighted by molar-refractivity contribution is 0.323. The third-order valence-corrected chi connectivity index (χ3v) is 3.93. The van der Waals surface area contributed by atoms with Gasteiger partial charge >= 0.3 is 0 Å². The van der Waals surface area contributed by atoms with Crippen LogP contribution in [0.5, 0.6) is 5.75 Å².